The van der Waals surface area contributed by atoms with Crippen LogP contribution in [-0.2, 0) is 6.54 Å². The maximum Gasteiger partial charge on any atom is 0.213 e. The fourth-order valence-electron chi connectivity index (χ4n) is 2.57. The molecule has 106 valence electrons. The van der Waals surface area contributed by atoms with Gasteiger partial charge in [0.05, 0.1) is 12.8 Å². The number of ether oxygens (including phenoxy) is 1. The van der Waals surface area contributed by atoms with Gasteiger partial charge in [0.25, 0.3) is 0 Å². The average Bonchev–Trinajstić information content (AvgIpc) is 2.88. The van der Waals surface area contributed by atoms with Crippen molar-refractivity contribution >= 4 is 0 Å². The number of hydrogen-bond donors (Lipinski definition) is 1. The molecule has 1 N–H and O–H groups in total. The highest BCUT2D eigenvalue weighted by Crippen LogP contribution is 2.17. The van der Waals surface area contributed by atoms with Gasteiger partial charge in [0.2, 0.25) is 5.88 Å². The van der Waals surface area contributed by atoms with Crippen molar-refractivity contribution in [3.05, 3.63) is 23.9 Å². The molecule has 1 fully saturated rings. The van der Waals surface area contributed by atoms with Crippen molar-refractivity contribution in [2.45, 2.75) is 32.9 Å². The Morgan fingerprint density at radius 3 is 3.00 bits per heavy atom. The summed E-state index contributed by atoms with van der Waals surface area (Å²) in [6.45, 7) is 8.89. The van der Waals surface area contributed by atoms with Gasteiger partial charge in [-0.2, -0.15) is 0 Å². The zero-order valence-corrected chi connectivity index (χ0v) is 12.2. The van der Waals surface area contributed by atoms with Crippen LogP contribution >= 0.6 is 0 Å². The van der Waals surface area contributed by atoms with Crippen LogP contribution in [0.5, 0.6) is 5.88 Å². The predicted molar refractivity (Wildman–Crippen MR) is 77.3 cm³/mol. The van der Waals surface area contributed by atoms with E-state index in [4.69, 9.17) is 4.74 Å². The van der Waals surface area contributed by atoms with Gasteiger partial charge in [-0.3, -0.25) is 0 Å². The summed E-state index contributed by atoms with van der Waals surface area (Å²) in [5, 5.41) is 3.51. The lowest BCUT2D eigenvalue weighted by atomic mass is 10.1. The SMILES string of the molecule is COc1cccc(CNCC2CCN(C(C)C)C2)n1. The summed E-state index contributed by atoms with van der Waals surface area (Å²) < 4.78 is 5.13. The molecule has 1 aromatic heterocycles. The Morgan fingerprint density at radius 2 is 2.32 bits per heavy atom. The highest BCUT2D eigenvalue weighted by Gasteiger charge is 2.23. The molecule has 0 radical (unpaired) electrons. The lowest BCUT2D eigenvalue weighted by molar-refractivity contribution is 0.264. The van der Waals surface area contributed by atoms with Gasteiger partial charge >= 0.3 is 0 Å². The van der Waals surface area contributed by atoms with Crippen molar-refractivity contribution in [2.75, 3.05) is 26.7 Å². The molecule has 0 amide bonds. The monoisotopic (exact) mass is 263 g/mol. The van der Waals surface area contributed by atoms with Crippen LogP contribution in [0.2, 0.25) is 0 Å². The molecule has 0 aromatic carbocycles. The van der Waals surface area contributed by atoms with Gasteiger partial charge in [0.15, 0.2) is 0 Å². The molecule has 4 nitrogen and oxygen atoms in total. The van der Waals surface area contributed by atoms with Crippen LogP contribution in [0.15, 0.2) is 18.2 Å². The molecule has 1 aliphatic heterocycles. The average molecular weight is 263 g/mol. The standard InChI is InChI=1S/C15H25N3O/c1-12(2)18-8-7-13(11-18)9-16-10-14-5-4-6-15(17-14)19-3/h4-6,12-13,16H,7-11H2,1-3H3. The van der Waals surface area contributed by atoms with E-state index in [1.807, 2.05) is 18.2 Å². The fraction of sp³-hybridized carbons (Fsp3) is 0.667. The highest BCUT2D eigenvalue weighted by molar-refractivity contribution is 5.15. The first kappa shape index (κ1) is 14.3. The van der Waals surface area contributed by atoms with Gasteiger partial charge in [-0.1, -0.05) is 6.07 Å². The van der Waals surface area contributed by atoms with E-state index in [0.29, 0.717) is 11.9 Å². The number of nitrogens with zero attached hydrogens (tertiary/aromatic N) is 2. The van der Waals surface area contributed by atoms with E-state index in [9.17, 15) is 0 Å². The Hall–Kier alpha value is -1.13. The smallest absolute Gasteiger partial charge is 0.213 e. The van der Waals surface area contributed by atoms with Crippen LogP contribution in [0, 0.1) is 5.92 Å². The maximum absolute atomic E-state index is 5.13. The summed E-state index contributed by atoms with van der Waals surface area (Å²) in [4.78, 5) is 6.96. The van der Waals surface area contributed by atoms with E-state index < -0.39 is 0 Å². The molecule has 1 atom stereocenters. The second-order valence-electron chi connectivity index (χ2n) is 5.55. The lowest BCUT2D eigenvalue weighted by Crippen LogP contribution is -2.30. The van der Waals surface area contributed by atoms with Crippen molar-refractivity contribution < 1.29 is 4.74 Å². The molecular weight excluding hydrogens is 238 g/mol. The molecule has 0 saturated carbocycles. The van der Waals surface area contributed by atoms with Crippen LogP contribution < -0.4 is 10.1 Å². The van der Waals surface area contributed by atoms with Crippen LogP contribution in [0.25, 0.3) is 0 Å². The van der Waals surface area contributed by atoms with Gasteiger partial charge in [-0.15, -0.1) is 0 Å². The molecule has 0 spiro atoms. The summed E-state index contributed by atoms with van der Waals surface area (Å²) in [5.41, 5.74) is 1.04. The van der Waals surface area contributed by atoms with Gasteiger partial charge < -0.3 is 15.0 Å². The number of likely N-dealkylation sites (tertiary alicyclic amines) is 1. The van der Waals surface area contributed by atoms with Crippen molar-refractivity contribution in [1.29, 1.82) is 0 Å². The first-order valence-electron chi connectivity index (χ1n) is 7.13. The first-order valence-corrected chi connectivity index (χ1v) is 7.13. The third-order valence-electron chi connectivity index (χ3n) is 3.78. The molecule has 1 aromatic rings. The number of pyridine rings is 1. The molecular formula is C15H25N3O. The first-order chi connectivity index (χ1) is 9.19. The second kappa shape index (κ2) is 6.87. The van der Waals surface area contributed by atoms with Crippen molar-refractivity contribution in [1.82, 2.24) is 15.2 Å². The van der Waals surface area contributed by atoms with Crippen molar-refractivity contribution in [3.8, 4) is 5.88 Å². The van der Waals surface area contributed by atoms with Gasteiger partial charge in [-0.05, 0) is 45.3 Å². The molecule has 0 aliphatic carbocycles. The summed E-state index contributed by atoms with van der Waals surface area (Å²) in [5.74, 6) is 1.46. The zero-order chi connectivity index (χ0) is 13.7. The van der Waals surface area contributed by atoms with Gasteiger partial charge in [-0.25, -0.2) is 4.98 Å². The van der Waals surface area contributed by atoms with Gasteiger partial charge in [0.1, 0.15) is 0 Å². The quantitative estimate of drug-likeness (QED) is 0.851. The summed E-state index contributed by atoms with van der Waals surface area (Å²) in [6.07, 6.45) is 1.30. The summed E-state index contributed by atoms with van der Waals surface area (Å²) in [7, 11) is 1.65. The van der Waals surface area contributed by atoms with E-state index in [2.05, 4.69) is 29.0 Å². The minimum atomic E-state index is 0.671. The normalized spacial score (nSPS) is 20.1. The van der Waals surface area contributed by atoms with E-state index >= 15 is 0 Å². The largest absolute Gasteiger partial charge is 0.481 e. The lowest BCUT2D eigenvalue weighted by Gasteiger charge is -2.20. The van der Waals surface area contributed by atoms with Crippen molar-refractivity contribution in [2.24, 2.45) is 5.92 Å². The zero-order valence-electron chi connectivity index (χ0n) is 12.2. The summed E-state index contributed by atoms with van der Waals surface area (Å²) >= 11 is 0. The Bertz CT molecular complexity index is 395. The van der Waals surface area contributed by atoms with E-state index in [1.165, 1.54) is 19.5 Å². The number of methoxy groups -OCH3 is 1. The molecule has 1 aliphatic rings. The third kappa shape index (κ3) is 4.18. The highest BCUT2D eigenvalue weighted by atomic mass is 16.5. The van der Waals surface area contributed by atoms with Crippen LogP contribution in [0.3, 0.4) is 0 Å². The molecule has 1 unspecified atom stereocenters. The molecule has 1 saturated heterocycles. The van der Waals surface area contributed by atoms with Gasteiger partial charge in [0, 0.05) is 25.2 Å². The Kier molecular flexibility index (Phi) is 5.16. The minimum absolute atomic E-state index is 0.671. The number of nitrogens with one attached hydrogen (secondary N) is 1. The summed E-state index contributed by atoms with van der Waals surface area (Å²) in [6, 6.07) is 6.56. The Morgan fingerprint density at radius 1 is 1.47 bits per heavy atom. The second-order valence-corrected chi connectivity index (χ2v) is 5.55. The molecule has 2 rings (SSSR count). The Balaban J connectivity index is 1.72. The van der Waals surface area contributed by atoms with Crippen LogP contribution in [0.4, 0.5) is 0 Å². The minimum Gasteiger partial charge on any atom is -0.481 e. The number of aromatic nitrogens is 1. The number of hydrogen-bond acceptors (Lipinski definition) is 4. The van der Waals surface area contributed by atoms with Crippen molar-refractivity contribution in [3.63, 3.8) is 0 Å². The van der Waals surface area contributed by atoms with E-state index in [0.717, 1.165) is 24.7 Å². The number of rotatable bonds is 6. The molecule has 19 heavy (non-hydrogen) atoms. The van der Waals surface area contributed by atoms with E-state index in [1.54, 1.807) is 7.11 Å². The predicted octanol–water partition coefficient (Wildman–Crippen LogP) is 1.91. The molecule has 2 heterocycles. The maximum atomic E-state index is 5.13. The van der Waals surface area contributed by atoms with Crippen LogP contribution in [0.1, 0.15) is 26.0 Å². The third-order valence-corrected chi connectivity index (χ3v) is 3.78. The van der Waals surface area contributed by atoms with E-state index in [-0.39, 0.29) is 0 Å². The van der Waals surface area contributed by atoms with Crippen LogP contribution in [-0.4, -0.2) is 42.7 Å². The topological polar surface area (TPSA) is 37.4 Å². The molecule has 0 bridgehead atoms. The fourth-order valence-corrected chi connectivity index (χ4v) is 2.57. The Labute approximate surface area is 116 Å². The molecule has 4 heteroatoms.